The van der Waals surface area contributed by atoms with E-state index in [2.05, 4.69) is 0 Å². The van der Waals surface area contributed by atoms with Gasteiger partial charge in [-0.25, -0.2) is 0 Å². The summed E-state index contributed by atoms with van der Waals surface area (Å²) in [5, 5.41) is 11.6. The number of benzene rings is 2. The van der Waals surface area contributed by atoms with Crippen molar-refractivity contribution in [3.05, 3.63) is 59.2 Å². The van der Waals surface area contributed by atoms with Crippen molar-refractivity contribution < 1.29 is 29.0 Å². The Morgan fingerprint density at radius 1 is 1.03 bits per heavy atom. The van der Waals surface area contributed by atoms with Crippen LogP contribution in [0.1, 0.15) is 30.9 Å². The summed E-state index contributed by atoms with van der Waals surface area (Å²) in [5.74, 6) is -1.55. The van der Waals surface area contributed by atoms with Gasteiger partial charge in [-0.3, -0.25) is 14.4 Å². The molecule has 3 heterocycles. The van der Waals surface area contributed by atoms with Crippen molar-refractivity contribution in [2.45, 2.75) is 25.3 Å². The van der Waals surface area contributed by atoms with Crippen molar-refractivity contribution in [2.75, 3.05) is 51.8 Å². The Hall–Kier alpha value is -3.85. The molecule has 0 aromatic heterocycles. The fourth-order valence-corrected chi connectivity index (χ4v) is 5.34. The van der Waals surface area contributed by atoms with E-state index in [1.807, 2.05) is 38.1 Å². The van der Waals surface area contributed by atoms with Crippen molar-refractivity contribution in [1.29, 1.82) is 0 Å². The number of fused-ring (bicyclic) bond motifs is 3. The average Bonchev–Trinajstić information content (AvgIpc) is 3.28. The summed E-state index contributed by atoms with van der Waals surface area (Å²) in [4.78, 5) is 46.4. The zero-order chi connectivity index (χ0) is 26.3. The Labute approximate surface area is 215 Å². The molecule has 37 heavy (non-hydrogen) atoms. The van der Waals surface area contributed by atoms with Crippen molar-refractivity contribution in [1.82, 2.24) is 9.80 Å². The number of likely N-dealkylation sites (tertiary alicyclic amines) is 1. The first-order valence-electron chi connectivity index (χ1n) is 12.6. The maximum Gasteiger partial charge on any atom is 0.296 e. The summed E-state index contributed by atoms with van der Waals surface area (Å²) in [6.07, 6.45) is 1.62. The molecule has 0 saturated carbocycles. The molecule has 2 aromatic rings. The minimum atomic E-state index is -1.76. The van der Waals surface area contributed by atoms with Gasteiger partial charge in [0.2, 0.25) is 0 Å². The number of unbranched alkanes of at least 4 members (excludes halogenated alkanes) is 1. The summed E-state index contributed by atoms with van der Waals surface area (Å²) in [6, 6.07) is 12.0. The number of ketones is 1. The molecule has 0 radical (unpaired) electrons. The topological polar surface area (TPSA) is 99.6 Å². The summed E-state index contributed by atoms with van der Waals surface area (Å²) in [5.41, 5.74) is -0.541. The Morgan fingerprint density at radius 2 is 1.76 bits per heavy atom. The summed E-state index contributed by atoms with van der Waals surface area (Å²) >= 11 is 0. The van der Waals surface area contributed by atoms with E-state index in [9.17, 15) is 19.5 Å². The van der Waals surface area contributed by atoms with E-state index in [0.29, 0.717) is 49.1 Å². The van der Waals surface area contributed by atoms with E-state index in [-0.39, 0.29) is 17.7 Å². The maximum atomic E-state index is 14.4. The normalized spacial score (nSPS) is 21.9. The van der Waals surface area contributed by atoms with Gasteiger partial charge in [0.15, 0.2) is 17.0 Å². The maximum absolute atomic E-state index is 14.4. The molecule has 1 spiro atoms. The number of para-hydroxylation sites is 1. The molecular weight excluding hydrogens is 474 g/mol. The van der Waals surface area contributed by atoms with Gasteiger partial charge in [-0.1, -0.05) is 31.5 Å². The Morgan fingerprint density at radius 3 is 2.49 bits per heavy atom. The van der Waals surface area contributed by atoms with E-state index < -0.39 is 28.9 Å². The van der Waals surface area contributed by atoms with Crippen molar-refractivity contribution in [3.63, 3.8) is 0 Å². The smallest absolute Gasteiger partial charge is 0.296 e. The van der Waals surface area contributed by atoms with E-state index in [1.54, 1.807) is 35.2 Å². The second kappa shape index (κ2) is 9.55. The van der Waals surface area contributed by atoms with E-state index in [0.717, 1.165) is 12.8 Å². The molecule has 2 aromatic carbocycles. The number of Topliss-reactive ketones (excluding diaryl/α,β-unsaturated/α-hetero) is 1. The third-order valence-corrected chi connectivity index (χ3v) is 7.13. The number of likely N-dealkylation sites (N-methyl/N-ethyl adjacent to an activating group) is 1. The number of amides is 2. The van der Waals surface area contributed by atoms with Gasteiger partial charge in [0.05, 0.1) is 11.3 Å². The SMILES string of the molecule is CCCCN1C(=O)C2(C(=C(O)c3ccc4c(c3)OCCO4)C(=O)C(=O)N2CCN(C)C)c2ccccc21. The first kappa shape index (κ1) is 24.8. The van der Waals surface area contributed by atoms with Gasteiger partial charge in [-0.15, -0.1) is 0 Å². The molecule has 1 N–H and O–H groups in total. The van der Waals surface area contributed by atoms with E-state index in [4.69, 9.17) is 9.47 Å². The zero-order valence-corrected chi connectivity index (χ0v) is 21.3. The largest absolute Gasteiger partial charge is 0.507 e. The monoisotopic (exact) mass is 505 g/mol. The number of hydrogen-bond donors (Lipinski definition) is 1. The molecule has 0 bridgehead atoms. The number of ether oxygens (including phenoxy) is 2. The average molecular weight is 506 g/mol. The highest BCUT2D eigenvalue weighted by Crippen LogP contribution is 2.53. The molecule has 2 amide bonds. The third kappa shape index (κ3) is 3.76. The number of nitrogens with zero attached hydrogens (tertiary/aromatic N) is 3. The highest BCUT2D eigenvalue weighted by molar-refractivity contribution is 6.50. The van der Waals surface area contributed by atoms with Crippen LogP contribution in [0.15, 0.2) is 48.0 Å². The first-order valence-corrected chi connectivity index (χ1v) is 12.6. The Kier molecular flexibility index (Phi) is 6.41. The standard InChI is InChI=1S/C28H31N3O6/c1-4-5-12-30-20-9-7-6-8-19(20)28(27(30)35)23(25(33)26(34)31(28)14-13-29(2)3)24(32)18-10-11-21-22(17-18)37-16-15-36-21/h6-11,17,32H,4-5,12-16H2,1-3H3. The van der Waals surface area contributed by atoms with Crippen LogP contribution in [0.5, 0.6) is 11.5 Å². The predicted molar refractivity (Wildman–Crippen MR) is 138 cm³/mol. The van der Waals surface area contributed by atoms with Crippen LogP contribution in [0.2, 0.25) is 0 Å². The molecule has 1 fully saturated rings. The predicted octanol–water partition coefficient (Wildman–Crippen LogP) is 2.74. The highest BCUT2D eigenvalue weighted by Gasteiger charge is 2.66. The summed E-state index contributed by atoms with van der Waals surface area (Å²) in [7, 11) is 3.72. The van der Waals surface area contributed by atoms with Crippen molar-refractivity contribution in [2.24, 2.45) is 0 Å². The van der Waals surface area contributed by atoms with E-state index in [1.165, 1.54) is 4.90 Å². The lowest BCUT2D eigenvalue weighted by Crippen LogP contribution is -2.53. The van der Waals surface area contributed by atoms with Crippen molar-refractivity contribution in [3.8, 4) is 11.5 Å². The minimum absolute atomic E-state index is 0.136. The second-order valence-corrected chi connectivity index (χ2v) is 9.71. The number of carbonyl (C=O) groups is 3. The van der Waals surface area contributed by atoms with Crippen LogP contribution >= 0.6 is 0 Å². The quantitative estimate of drug-likeness (QED) is 0.351. The molecule has 9 heteroatoms. The van der Waals surface area contributed by atoms with Crippen LogP contribution in [-0.4, -0.2) is 79.4 Å². The summed E-state index contributed by atoms with van der Waals surface area (Å²) in [6.45, 7) is 3.81. The minimum Gasteiger partial charge on any atom is -0.507 e. The van der Waals surface area contributed by atoms with Crippen molar-refractivity contribution >= 4 is 29.0 Å². The summed E-state index contributed by atoms with van der Waals surface area (Å²) < 4.78 is 11.2. The lowest BCUT2D eigenvalue weighted by Gasteiger charge is -2.35. The number of carbonyl (C=O) groups excluding carboxylic acids is 3. The zero-order valence-electron chi connectivity index (χ0n) is 21.3. The Balaban J connectivity index is 1.75. The Bertz CT molecular complexity index is 1300. The fourth-order valence-electron chi connectivity index (χ4n) is 5.34. The fraction of sp³-hybridized carbons (Fsp3) is 0.393. The van der Waals surface area contributed by atoms with Gasteiger partial charge in [0, 0.05) is 30.8 Å². The third-order valence-electron chi connectivity index (χ3n) is 7.13. The number of hydrogen-bond acceptors (Lipinski definition) is 7. The number of aliphatic hydroxyl groups is 1. The second-order valence-electron chi connectivity index (χ2n) is 9.71. The lowest BCUT2D eigenvalue weighted by molar-refractivity contribution is -0.143. The van der Waals surface area contributed by atoms with Gasteiger partial charge in [-0.2, -0.15) is 0 Å². The number of aliphatic hydroxyl groups excluding tert-OH is 1. The highest BCUT2D eigenvalue weighted by atomic mass is 16.6. The van der Waals surface area contributed by atoms with E-state index >= 15 is 0 Å². The molecule has 194 valence electrons. The molecule has 1 unspecified atom stereocenters. The molecule has 3 aliphatic heterocycles. The van der Waals surface area contributed by atoms with Crippen LogP contribution in [0, 0.1) is 0 Å². The molecule has 3 aliphatic rings. The molecule has 5 rings (SSSR count). The molecular formula is C28H31N3O6. The van der Waals surface area contributed by atoms with Gasteiger partial charge in [0.1, 0.15) is 19.0 Å². The number of rotatable bonds is 7. The molecule has 1 atom stereocenters. The van der Waals surface area contributed by atoms with Crippen LogP contribution in [0.25, 0.3) is 5.76 Å². The lowest BCUT2D eigenvalue weighted by atomic mass is 9.82. The first-order chi connectivity index (χ1) is 17.8. The van der Waals surface area contributed by atoms with Crippen LogP contribution in [-0.2, 0) is 19.9 Å². The van der Waals surface area contributed by atoms with Gasteiger partial charge >= 0.3 is 0 Å². The van der Waals surface area contributed by atoms with Crippen LogP contribution in [0.3, 0.4) is 0 Å². The van der Waals surface area contributed by atoms with Gasteiger partial charge in [-0.05, 0) is 44.8 Å². The van der Waals surface area contributed by atoms with Crippen LogP contribution in [0.4, 0.5) is 5.69 Å². The van der Waals surface area contributed by atoms with Crippen LogP contribution < -0.4 is 14.4 Å². The van der Waals surface area contributed by atoms with Gasteiger partial charge < -0.3 is 29.3 Å². The molecule has 0 aliphatic carbocycles. The molecule has 9 nitrogen and oxygen atoms in total. The molecule has 1 saturated heterocycles. The van der Waals surface area contributed by atoms with Gasteiger partial charge in [0.25, 0.3) is 17.6 Å². The number of anilines is 1.